The highest BCUT2D eigenvalue weighted by Crippen LogP contribution is 2.49. The van der Waals surface area contributed by atoms with Crippen LogP contribution in [-0.2, 0) is 16.4 Å². The largest absolute Gasteiger partial charge is 0.419 e. The maximum atomic E-state index is 13.4. The highest BCUT2D eigenvalue weighted by atomic mass is 19.4. The number of carbonyl (C=O) groups excluding carboxylic acids is 1. The van der Waals surface area contributed by atoms with Crippen molar-refractivity contribution in [1.29, 1.82) is 0 Å². The highest BCUT2D eigenvalue weighted by Gasteiger charge is 2.49. The number of aromatic amines is 2. The standard InChI is InChI=1S/C15H14F3N5O/c1-14(12-11(7-22-23-12)15(16,17)18)9(8-5-20-21-6-8)3-2-4-10(14)13(19)24/h2-7,10H,1H3,(H2,19,24)(H,20,21)(H,22,23). The number of halogens is 3. The summed E-state index contributed by atoms with van der Waals surface area (Å²) < 4.78 is 40.1. The molecule has 2 heterocycles. The van der Waals surface area contributed by atoms with Crippen LogP contribution in [-0.4, -0.2) is 26.3 Å². The van der Waals surface area contributed by atoms with Gasteiger partial charge < -0.3 is 5.73 Å². The third kappa shape index (κ3) is 2.32. The van der Waals surface area contributed by atoms with Gasteiger partial charge in [0.1, 0.15) is 0 Å². The zero-order chi connectivity index (χ0) is 17.5. The van der Waals surface area contributed by atoms with Gasteiger partial charge in [0.05, 0.1) is 35.0 Å². The zero-order valence-electron chi connectivity index (χ0n) is 12.6. The molecule has 1 aliphatic rings. The first-order chi connectivity index (χ1) is 11.3. The van der Waals surface area contributed by atoms with Crippen LogP contribution in [0.2, 0.25) is 0 Å². The Balaban J connectivity index is 2.26. The van der Waals surface area contributed by atoms with Gasteiger partial charge in [-0.15, -0.1) is 0 Å². The van der Waals surface area contributed by atoms with Crippen molar-refractivity contribution in [3.05, 3.63) is 53.6 Å². The van der Waals surface area contributed by atoms with Crippen molar-refractivity contribution in [2.45, 2.75) is 18.5 Å². The molecule has 4 N–H and O–H groups in total. The van der Waals surface area contributed by atoms with Crippen LogP contribution in [0.15, 0.2) is 36.8 Å². The van der Waals surface area contributed by atoms with E-state index in [1.165, 1.54) is 19.2 Å². The van der Waals surface area contributed by atoms with Crippen LogP contribution in [0.5, 0.6) is 0 Å². The van der Waals surface area contributed by atoms with Crippen molar-refractivity contribution < 1.29 is 18.0 Å². The Labute approximate surface area is 134 Å². The smallest absolute Gasteiger partial charge is 0.369 e. The Kier molecular flexibility index (Phi) is 3.58. The van der Waals surface area contributed by atoms with Gasteiger partial charge in [0, 0.05) is 11.8 Å². The second-order valence-electron chi connectivity index (χ2n) is 5.69. The number of nitrogens with two attached hydrogens (primary N) is 1. The van der Waals surface area contributed by atoms with Crippen molar-refractivity contribution >= 4 is 11.5 Å². The van der Waals surface area contributed by atoms with Gasteiger partial charge in [-0.2, -0.15) is 23.4 Å². The zero-order valence-corrected chi connectivity index (χ0v) is 12.6. The summed E-state index contributed by atoms with van der Waals surface area (Å²) in [6, 6.07) is 0. The van der Waals surface area contributed by atoms with Gasteiger partial charge in [-0.1, -0.05) is 18.2 Å². The number of allylic oxidation sites excluding steroid dienone is 3. The molecule has 2 unspecified atom stereocenters. The summed E-state index contributed by atoms with van der Waals surface area (Å²) in [6.45, 7) is 1.54. The average molecular weight is 337 g/mol. The quantitative estimate of drug-likeness (QED) is 0.800. The molecule has 6 nitrogen and oxygen atoms in total. The van der Waals surface area contributed by atoms with Gasteiger partial charge in [-0.25, -0.2) is 0 Å². The highest BCUT2D eigenvalue weighted by molar-refractivity contribution is 5.89. The topological polar surface area (TPSA) is 100 Å². The lowest BCUT2D eigenvalue weighted by molar-refractivity contribution is -0.139. The van der Waals surface area contributed by atoms with E-state index in [0.29, 0.717) is 17.3 Å². The molecule has 2 aromatic rings. The molecule has 2 atom stereocenters. The van der Waals surface area contributed by atoms with Gasteiger partial charge in [0.25, 0.3) is 0 Å². The van der Waals surface area contributed by atoms with E-state index in [4.69, 9.17) is 5.73 Å². The van der Waals surface area contributed by atoms with Crippen molar-refractivity contribution in [3.8, 4) is 0 Å². The maximum absolute atomic E-state index is 13.4. The van der Waals surface area contributed by atoms with E-state index in [0.717, 1.165) is 0 Å². The Morgan fingerprint density at radius 3 is 2.67 bits per heavy atom. The van der Waals surface area contributed by atoms with E-state index < -0.39 is 29.0 Å². The second kappa shape index (κ2) is 5.36. The summed E-state index contributed by atoms with van der Waals surface area (Å²) in [5.74, 6) is -1.71. The number of nitrogens with one attached hydrogen (secondary N) is 2. The summed E-state index contributed by atoms with van der Waals surface area (Å²) in [5, 5.41) is 12.4. The Morgan fingerprint density at radius 2 is 2.08 bits per heavy atom. The molecule has 0 aliphatic heterocycles. The number of primary amides is 1. The maximum Gasteiger partial charge on any atom is 0.419 e. The van der Waals surface area contributed by atoms with Crippen LogP contribution in [0.1, 0.15) is 23.7 Å². The molecule has 0 radical (unpaired) electrons. The van der Waals surface area contributed by atoms with Crippen LogP contribution in [0.4, 0.5) is 13.2 Å². The molecule has 24 heavy (non-hydrogen) atoms. The summed E-state index contributed by atoms with van der Waals surface area (Å²) in [4.78, 5) is 11.9. The summed E-state index contributed by atoms with van der Waals surface area (Å²) in [5.41, 5.74) is 4.01. The molecule has 0 fully saturated rings. The van der Waals surface area contributed by atoms with Crippen LogP contribution in [0, 0.1) is 5.92 Å². The molecular formula is C15H14F3N5O. The predicted octanol–water partition coefficient (Wildman–Crippen LogP) is 2.16. The first-order valence-corrected chi connectivity index (χ1v) is 7.04. The van der Waals surface area contributed by atoms with Crippen LogP contribution >= 0.6 is 0 Å². The molecule has 2 aromatic heterocycles. The Morgan fingerprint density at radius 1 is 1.33 bits per heavy atom. The lowest BCUT2D eigenvalue weighted by Gasteiger charge is -2.38. The molecule has 3 rings (SSSR count). The predicted molar refractivity (Wildman–Crippen MR) is 79.3 cm³/mol. The normalized spacial score (nSPS) is 24.0. The fourth-order valence-electron chi connectivity index (χ4n) is 3.16. The van der Waals surface area contributed by atoms with E-state index in [-0.39, 0.29) is 5.69 Å². The molecule has 1 aliphatic carbocycles. The van der Waals surface area contributed by atoms with Gasteiger partial charge >= 0.3 is 6.18 Å². The SMILES string of the molecule is CC1(c2[nH]ncc2C(F)(F)F)C(c2cn[nH]c2)=CC=CC1C(N)=O. The lowest BCUT2D eigenvalue weighted by atomic mass is 9.64. The van der Waals surface area contributed by atoms with E-state index in [9.17, 15) is 18.0 Å². The van der Waals surface area contributed by atoms with E-state index in [1.807, 2.05) is 0 Å². The molecule has 0 saturated heterocycles. The molecular weight excluding hydrogens is 323 g/mol. The third-order valence-electron chi connectivity index (χ3n) is 4.33. The molecule has 0 bridgehead atoms. The number of aromatic nitrogens is 4. The minimum absolute atomic E-state index is 0.212. The van der Waals surface area contributed by atoms with Crippen molar-refractivity contribution in [3.63, 3.8) is 0 Å². The van der Waals surface area contributed by atoms with E-state index in [2.05, 4.69) is 20.4 Å². The minimum atomic E-state index is -4.61. The van der Waals surface area contributed by atoms with Crippen LogP contribution in [0.3, 0.4) is 0 Å². The lowest BCUT2D eigenvalue weighted by Crippen LogP contribution is -2.43. The van der Waals surface area contributed by atoms with Crippen molar-refractivity contribution in [2.24, 2.45) is 11.7 Å². The monoisotopic (exact) mass is 337 g/mol. The molecule has 126 valence electrons. The third-order valence-corrected chi connectivity index (χ3v) is 4.33. The van der Waals surface area contributed by atoms with E-state index in [1.54, 1.807) is 18.3 Å². The van der Waals surface area contributed by atoms with Crippen molar-refractivity contribution in [2.75, 3.05) is 0 Å². The molecule has 0 aromatic carbocycles. The summed E-state index contributed by atoms with van der Waals surface area (Å²) in [6.07, 6.45) is 3.86. The van der Waals surface area contributed by atoms with Gasteiger partial charge in [-0.05, 0) is 12.5 Å². The number of amides is 1. The molecule has 9 heteroatoms. The van der Waals surface area contributed by atoms with Crippen LogP contribution < -0.4 is 5.73 Å². The molecule has 0 saturated carbocycles. The van der Waals surface area contributed by atoms with Gasteiger partial charge in [-0.3, -0.25) is 15.0 Å². The summed E-state index contributed by atoms with van der Waals surface area (Å²) >= 11 is 0. The minimum Gasteiger partial charge on any atom is -0.369 e. The number of rotatable bonds is 3. The summed E-state index contributed by atoms with van der Waals surface area (Å²) in [7, 11) is 0. The Hall–Kier alpha value is -2.84. The van der Waals surface area contributed by atoms with Gasteiger partial charge in [0.15, 0.2) is 0 Å². The fourth-order valence-corrected chi connectivity index (χ4v) is 3.16. The average Bonchev–Trinajstić information content (AvgIpc) is 3.18. The second-order valence-corrected chi connectivity index (χ2v) is 5.69. The number of alkyl halides is 3. The van der Waals surface area contributed by atoms with Crippen molar-refractivity contribution in [1.82, 2.24) is 20.4 Å². The number of H-pyrrole nitrogens is 2. The number of hydrogen-bond donors (Lipinski definition) is 3. The number of hydrogen-bond acceptors (Lipinski definition) is 3. The van der Waals surface area contributed by atoms with Gasteiger partial charge in [0.2, 0.25) is 5.91 Å². The number of nitrogens with zero attached hydrogens (tertiary/aromatic N) is 2. The van der Waals surface area contributed by atoms with E-state index >= 15 is 0 Å². The van der Waals surface area contributed by atoms with Crippen LogP contribution in [0.25, 0.3) is 5.57 Å². The first kappa shape index (κ1) is 16.0. The first-order valence-electron chi connectivity index (χ1n) is 7.04. The molecule has 0 spiro atoms. The number of carbonyl (C=O) groups is 1. The molecule has 1 amide bonds. The fraction of sp³-hybridized carbons (Fsp3) is 0.267. The Bertz CT molecular complexity index is 819.